The van der Waals surface area contributed by atoms with E-state index in [2.05, 4.69) is 0 Å². The van der Waals surface area contributed by atoms with Crippen molar-refractivity contribution < 1.29 is 19.4 Å². The number of ether oxygens (including phenoxy) is 1. The zero-order valence-electron chi connectivity index (χ0n) is 13.2. The van der Waals surface area contributed by atoms with Gasteiger partial charge in [0.25, 0.3) is 0 Å². The maximum absolute atomic E-state index is 12.2. The molecular formula is C19H20O4. The number of carbonyl (C=O) groups excluding carboxylic acids is 1. The number of hydrogen-bond acceptors (Lipinski definition) is 3. The molecule has 23 heavy (non-hydrogen) atoms. The van der Waals surface area contributed by atoms with E-state index in [1.807, 2.05) is 36.4 Å². The average Bonchev–Trinajstić information content (AvgIpc) is 2.59. The lowest BCUT2D eigenvalue weighted by molar-refractivity contribution is -0.147. The van der Waals surface area contributed by atoms with Crippen LogP contribution in [0.5, 0.6) is 0 Å². The standard InChI is InChI=1S/C19H20O4/c1-14(17(20)21)16-9-5-4-8-15(16)10-13-19(18(22)23-2)11-6-3-7-12-19/h3-11,13-14H,12H2,1-2H3,(H,20,21). The minimum absolute atomic E-state index is 0.335. The van der Waals surface area contributed by atoms with Gasteiger partial charge in [-0.1, -0.05) is 60.7 Å². The van der Waals surface area contributed by atoms with E-state index < -0.39 is 17.3 Å². The lowest BCUT2D eigenvalue weighted by Gasteiger charge is -2.24. The summed E-state index contributed by atoms with van der Waals surface area (Å²) >= 11 is 0. The molecule has 1 aliphatic carbocycles. The van der Waals surface area contributed by atoms with Crippen LogP contribution in [-0.4, -0.2) is 24.2 Å². The van der Waals surface area contributed by atoms with Gasteiger partial charge in [0, 0.05) is 0 Å². The fourth-order valence-corrected chi connectivity index (χ4v) is 2.60. The fraction of sp³-hybridized carbons (Fsp3) is 0.263. The molecule has 0 aliphatic heterocycles. The number of methoxy groups -OCH3 is 1. The molecule has 2 rings (SSSR count). The highest BCUT2D eigenvalue weighted by Crippen LogP contribution is 2.33. The van der Waals surface area contributed by atoms with Crippen molar-refractivity contribution in [2.75, 3.05) is 7.11 Å². The molecule has 1 aromatic carbocycles. The zero-order chi connectivity index (χ0) is 16.9. The highest BCUT2D eigenvalue weighted by atomic mass is 16.5. The Hall–Kier alpha value is -2.62. The molecule has 2 atom stereocenters. The number of aliphatic carboxylic acids is 1. The number of esters is 1. The first-order valence-corrected chi connectivity index (χ1v) is 7.44. The molecule has 0 saturated carbocycles. The molecule has 0 radical (unpaired) electrons. The Labute approximate surface area is 135 Å². The van der Waals surface area contributed by atoms with Crippen molar-refractivity contribution in [1.29, 1.82) is 0 Å². The van der Waals surface area contributed by atoms with E-state index in [-0.39, 0.29) is 5.97 Å². The second-order valence-electron chi connectivity index (χ2n) is 5.55. The first-order valence-electron chi connectivity index (χ1n) is 7.44. The highest BCUT2D eigenvalue weighted by molar-refractivity contribution is 5.84. The Kier molecular flexibility index (Phi) is 5.16. The number of hydrogen-bond donors (Lipinski definition) is 1. The molecular weight excluding hydrogens is 292 g/mol. The average molecular weight is 312 g/mol. The summed E-state index contributed by atoms with van der Waals surface area (Å²) in [6.07, 6.45) is 11.5. The van der Waals surface area contributed by atoms with Crippen LogP contribution in [0.15, 0.2) is 54.6 Å². The molecule has 120 valence electrons. The Morgan fingerprint density at radius 3 is 2.65 bits per heavy atom. The molecule has 0 bridgehead atoms. The van der Waals surface area contributed by atoms with E-state index in [0.29, 0.717) is 12.0 Å². The van der Waals surface area contributed by atoms with Gasteiger partial charge in [0.15, 0.2) is 0 Å². The molecule has 4 nitrogen and oxygen atoms in total. The molecule has 1 N–H and O–H groups in total. The monoisotopic (exact) mass is 312 g/mol. The van der Waals surface area contributed by atoms with Gasteiger partial charge in [-0.25, -0.2) is 0 Å². The summed E-state index contributed by atoms with van der Waals surface area (Å²) in [7, 11) is 1.37. The summed E-state index contributed by atoms with van der Waals surface area (Å²) < 4.78 is 4.93. The number of carbonyl (C=O) groups is 2. The second kappa shape index (κ2) is 7.09. The third kappa shape index (κ3) is 3.59. The zero-order valence-corrected chi connectivity index (χ0v) is 13.2. The van der Waals surface area contributed by atoms with Crippen LogP contribution < -0.4 is 0 Å². The molecule has 1 aromatic rings. The lowest BCUT2D eigenvalue weighted by Crippen LogP contribution is -2.28. The molecule has 0 spiro atoms. The second-order valence-corrected chi connectivity index (χ2v) is 5.55. The van der Waals surface area contributed by atoms with Crippen LogP contribution in [0.25, 0.3) is 6.08 Å². The van der Waals surface area contributed by atoms with Crippen molar-refractivity contribution in [1.82, 2.24) is 0 Å². The number of allylic oxidation sites excluding steroid dienone is 3. The van der Waals surface area contributed by atoms with Gasteiger partial charge in [-0.3, -0.25) is 9.59 Å². The van der Waals surface area contributed by atoms with Crippen molar-refractivity contribution in [3.8, 4) is 0 Å². The van der Waals surface area contributed by atoms with E-state index in [1.165, 1.54) is 7.11 Å². The third-order valence-electron chi connectivity index (χ3n) is 4.06. The van der Waals surface area contributed by atoms with E-state index in [4.69, 9.17) is 4.74 Å². The van der Waals surface area contributed by atoms with Crippen molar-refractivity contribution in [2.24, 2.45) is 5.41 Å². The van der Waals surface area contributed by atoms with Gasteiger partial charge in [0.05, 0.1) is 13.0 Å². The molecule has 4 heteroatoms. The number of carboxylic acids is 1. The lowest BCUT2D eigenvalue weighted by atomic mass is 9.80. The Morgan fingerprint density at radius 2 is 2.04 bits per heavy atom. The number of rotatable bonds is 5. The summed E-state index contributed by atoms with van der Waals surface area (Å²) in [4.78, 5) is 23.4. The van der Waals surface area contributed by atoms with E-state index >= 15 is 0 Å². The van der Waals surface area contributed by atoms with E-state index in [0.717, 1.165) is 5.56 Å². The minimum Gasteiger partial charge on any atom is -0.481 e. The summed E-state index contributed by atoms with van der Waals surface area (Å²) in [5.74, 6) is -1.83. The van der Waals surface area contributed by atoms with Crippen molar-refractivity contribution in [3.05, 3.63) is 65.8 Å². The van der Waals surface area contributed by atoms with Crippen molar-refractivity contribution >= 4 is 18.0 Å². The Bertz CT molecular complexity index is 684. The summed E-state index contributed by atoms with van der Waals surface area (Å²) in [5.41, 5.74) is 0.656. The van der Waals surface area contributed by atoms with Crippen LogP contribution in [0.1, 0.15) is 30.4 Å². The molecule has 0 saturated heterocycles. The molecule has 2 unspecified atom stereocenters. The molecule has 0 amide bonds. The predicted molar refractivity (Wildman–Crippen MR) is 88.9 cm³/mol. The first-order chi connectivity index (χ1) is 11.0. The van der Waals surface area contributed by atoms with Gasteiger partial charge >= 0.3 is 11.9 Å². The van der Waals surface area contributed by atoms with Crippen LogP contribution >= 0.6 is 0 Å². The molecule has 1 aliphatic rings. The SMILES string of the molecule is COC(=O)C1(C=Cc2ccccc2C(C)C(=O)O)C=CC=CC1. The normalized spacial score (nSPS) is 21.3. The summed E-state index contributed by atoms with van der Waals surface area (Å²) in [6.45, 7) is 1.65. The third-order valence-corrected chi connectivity index (χ3v) is 4.06. The number of benzene rings is 1. The van der Waals surface area contributed by atoms with Crippen LogP contribution in [0.4, 0.5) is 0 Å². The quantitative estimate of drug-likeness (QED) is 0.844. The summed E-state index contributed by atoms with van der Waals surface area (Å²) in [5, 5.41) is 9.24. The van der Waals surface area contributed by atoms with Gasteiger partial charge in [0.2, 0.25) is 0 Å². The van der Waals surface area contributed by atoms with Gasteiger partial charge in [-0.15, -0.1) is 0 Å². The predicted octanol–water partition coefficient (Wildman–Crippen LogP) is 3.56. The maximum Gasteiger partial charge on any atom is 0.319 e. The fourth-order valence-electron chi connectivity index (χ4n) is 2.60. The van der Waals surface area contributed by atoms with Crippen molar-refractivity contribution in [3.63, 3.8) is 0 Å². The van der Waals surface area contributed by atoms with Gasteiger partial charge in [-0.05, 0) is 24.5 Å². The summed E-state index contributed by atoms with van der Waals surface area (Å²) in [6, 6.07) is 7.29. The van der Waals surface area contributed by atoms with Gasteiger partial charge in [0.1, 0.15) is 5.41 Å². The van der Waals surface area contributed by atoms with Crippen LogP contribution in [0.3, 0.4) is 0 Å². The van der Waals surface area contributed by atoms with Crippen LogP contribution in [-0.2, 0) is 14.3 Å². The Morgan fingerprint density at radius 1 is 1.30 bits per heavy atom. The van der Waals surface area contributed by atoms with Crippen LogP contribution in [0, 0.1) is 5.41 Å². The highest BCUT2D eigenvalue weighted by Gasteiger charge is 2.34. The molecule has 0 aromatic heterocycles. The Balaban J connectivity index is 2.39. The van der Waals surface area contributed by atoms with E-state index in [9.17, 15) is 14.7 Å². The molecule has 0 fully saturated rings. The number of carboxylic acid groups (broad SMARTS) is 1. The first kappa shape index (κ1) is 16.7. The molecule has 0 heterocycles. The van der Waals surface area contributed by atoms with Crippen LogP contribution in [0.2, 0.25) is 0 Å². The van der Waals surface area contributed by atoms with Crippen molar-refractivity contribution in [2.45, 2.75) is 19.3 Å². The maximum atomic E-state index is 12.2. The van der Waals surface area contributed by atoms with Gasteiger partial charge in [-0.2, -0.15) is 0 Å². The minimum atomic E-state index is -0.881. The smallest absolute Gasteiger partial charge is 0.319 e. The topological polar surface area (TPSA) is 63.6 Å². The van der Waals surface area contributed by atoms with E-state index in [1.54, 1.807) is 31.2 Å². The van der Waals surface area contributed by atoms with Gasteiger partial charge < -0.3 is 9.84 Å². The largest absolute Gasteiger partial charge is 0.481 e.